The normalized spacial score (nSPS) is 14.5. The third-order valence-corrected chi connectivity index (χ3v) is 10.1. The Labute approximate surface area is 269 Å². The number of carboxylic acid groups (broad SMARTS) is 1. The predicted octanol–water partition coefficient (Wildman–Crippen LogP) is 5.63. The van der Waals surface area contributed by atoms with Crippen LogP contribution in [0, 0.1) is 3.57 Å². The van der Waals surface area contributed by atoms with Gasteiger partial charge in [-0.05, 0) is 89.5 Å². The van der Waals surface area contributed by atoms with Gasteiger partial charge in [0.1, 0.15) is 0 Å². The lowest BCUT2D eigenvalue weighted by Crippen LogP contribution is -2.38. The van der Waals surface area contributed by atoms with Crippen molar-refractivity contribution in [2.45, 2.75) is 36.6 Å². The summed E-state index contributed by atoms with van der Waals surface area (Å²) in [7, 11) is -3.56. The number of amides is 1. The van der Waals surface area contributed by atoms with Crippen LogP contribution in [-0.4, -0.2) is 59.1 Å². The number of halogens is 2. The van der Waals surface area contributed by atoms with E-state index in [1.165, 1.54) is 0 Å². The Balaban J connectivity index is 1.37. The summed E-state index contributed by atoms with van der Waals surface area (Å²) in [6, 6.07) is 23.5. The van der Waals surface area contributed by atoms with Crippen molar-refractivity contribution < 1.29 is 23.1 Å². The van der Waals surface area contributed by atoms with Crippen LogP contribution in [-0.2, 0) is 21.4 Å². The average Bonchev–Trinajstić information content (AvgIpc) is 3.41. The van der Waals surface area contributed by atoms with Crippen LogP contribution in [0.3, 0.4) is 0 Å². The second kappa shape index (κ2) is 13.6. The number of carbonyl (C=O) groups is 2. The minimum Gasteiger partial charge on any atom is -0.481 e. The third kappa shape index (κ3) is 7.64. The number of carbonyl (C=O) groups excluding carboxylic acids is 1. The van der Waals surface area contributed by atoms with Crippen molar-refractivity contribution in [2.24, 2.45) is 0 Å². The summed E-state index contributed by atoms with van der Waals surface area (Å²) < 4.78 is 30.9. The zero-order chi connectivity index (χ0) is 30.6. The van der Waals surface area contributed by atoms with Gasteiger partial charge in [-0.25, -0.2) is 8.42 Å². The molecule has 0 unspecified atom stereocenters. The van der Waals surface area contributed by atoms with Crippen LogP contribution in [0.5, 0.6) is 0 Å². The van der Waals surface area contributed by atoms with E-state index in [0.29, 0.717) is 48.0 Å². The lowest BCUT2D eigenvalue weighted by molar-refractivity contribution is -0.136. The smallest absolute Gasteiger partial charge is 0.305 e. The van der Waals surface area contributed by atoms with E-state index in [-0.39, 0.29) is 24.8 Å². The first-order valence-electron chi connectivity index (χ1n) is 13.8. The Bertz CT molecular complexity index is 1700. The minimum absolute atomic E-state index is 0.0588. The number of nitrogens with one attached hydrogen (secondary N) is 1. The van der Waals surface area contributed by atoms with Crippen LogP contribution >= 0.6 is 34.2 Å². The summed E-state index contributed by atoms with van der Waals surface area (Å²) in [5, 5.41) is 17.0. The molecule has 12 heteroatoms. The predicted molar refractivity (Wildman–Crippen MR) is 173 cm³/mol. The maximum absolute atomic E-state index is 13.2. The molecule has 1 aliphatic rings. The third-order valence-electron chi connectivity index (χ3n) is 7.40. The molecule has 1 amide bonds. The monoisotopic (exact) mass is 732 g/mol. The van der Waals surface area contributed by atoms with E-state index in [9.17, 15) is 18.0 Å². The summed E-state index contributed by atoms with van der Waals surface area (Å²) in [5.74, 6) is -1.20. The molecule has 1 aliphatic heterocycles. The fourth-order valence-corrected chi connectivity index (χ4v) is 7.76. The van der Waals surface area contributed by atoms with Gasteiger partial charge in [0.25, 0.3) is 5.91 Å². The largest absolute Gasteiger partial charge is 0.481 e. The van der Waals surface area contributed by atoms with E-state index in [2.05, 4.69) is 34.0 Å². The van der Waals surface area contributed by atoms with E-state index < -0.39 is 16.0 Å². The first kappa shape index (κ1) is 31.2. The molecule has 0 spiro atoms. The number of benzene rings is 3. The van der Waals surface area contributed by atoms with Gasteiger partial charge in [-0.15, -0.1) is 0 Å². The molecule has 1 saturated heterocycles. The summed E-state index contributed by atoms with van der Waals surface area (Å²) >= 11 is 8.58. The van der Waals surface area contributed by atoms with Crippen molar-refractivity contribution in [2.75, 3.05) is 19.6 Å². The highest BCUT2D eigenvalue weighted by Gasteiger charge is 2.31. The summed E-state index contributed by atoms with van der Waals surface area (Å²) in [6.07, 6.45) is 1.16. The highest BCUT2D eigenvalue weighted by molar-refractivity contribution is 14.1. The highest BCUT2D eigenvalue weighted by Crippen LogP contribution is 2.34. The molecule has 43 heavy (non-hydrogen) atoms. The van der Waals surface area contributed by atoms with Gasteiger partial charge in [0.15, 0.2) is 0 Å². The van der Waals surface area contributed by atoms with E-state index in [1.807, 2.05) is 35.0 Å². The molecule has 0 atom stereocenters. The van der Waals surface area contributed by atoms with Crippen molar-refractivity contribution in [1.29, 1.82) is 0 Å². The van der Waals surface area contributed by atoms with Gasteiger partial charge in [-0.3, -0.25) is 14.3 Å². The summed E-state index contributed by atoms with van der Waals surface area (Å²) in [5.41, 5.74) is 4.06. The number of rotatable bonds is 10. The second-order valence-electron chi connectivity index (χ2n) is 10.4. The maximum Gasteiger partial charge on any atom is 0.305 e. The van der Waals surface area contributed by atoms with Crippen LogP contribution in [0.15, 0.2) is 83.8 Å². The standard InChI is InChI=1S/C31H30ClIN4O5S/c32-25-16-24(17-26(33)18-25)28-19-29(22-11-14-36(15-12-22)43(41,42)27-4-2-1-3-5-27)37(35-28)20-21-6-8-23(9-7-21)31(40)34-13-10-30(38)39/h1-9,16-19,22H,10-15,20H2,(H,34,40)(H,38,39). The highest BCUT2D eigenvalue weighted by atomic mass is 127. The van der Waals surface area contributed by atoms with E-state index in [0.717, 1.165) is 26.1 Å². The number of sulfonamides is 1. The number of hydrogen-bond acceptors (Lipinski definition) is 5. The van der Waals surface area contributed by atoms with Gasteiger partial charge in [0.05, 0.1) is 23.6 Å². The zero-order valence-electron chi connectivity index (χ0n) is 23.1. The maximum atomic E-state index is 13.2. The Kier molecular flexibility index (Phi) is 9.85. The van der Waals surface area contributed by atoms with Crippen LogP contribution in [0.2, 0.25) is 5.02 Å². The molecule has 224 valence electrons. The molecule has 3 aromatic carbocycles. The zero-order valence-corrected chi connectivity index (χ0v) is 26.8. The number of hydrogen-bond donors (Lipinski definition) is 2. The topological polar surface area (TPSA) is 122 Å². The van der Waals surface area contributed by atoms with Gasteiger partial charge in [0.2, 0.25) is 10.0 Å². The number of aliphatic carboxylic acids is 1. The molecular formula is C31H30ClIN4O5S. The van der Waals surface area contributed by atoms with Crippen molar-refractivity contribution >= 4 is 56.1 Å². The van der Waals surface area contributed by atoms with Crippen LogP contribution in [0.4, 0.5) is 0 Å². The van der Waals surface area contributed by atoms with E-state index in [4.69, 9.17) is 21.8 Å². The fraction of sp³-hybridized carbons (Fsp3) is 0.258. The Morgan fingerprint density at radius 3 is 2.35 bits per heavy atom. The van der Waals surface area contributed by atoms with Crippen LogP contribution in [0.25, 0.3) is 11.3 Å². The number of aromatic nitrogens is 2. The first-order chi connectivity index (χ1) is 20.6. The molecule has 2 N–H and O–H groups in total. The molecule has 9 nitrogen and oxygen atoms in total. The molecule has 1 aromatic heterocycles. The first-order valence-corrected chi connectivity index (χ1v) is 16.7. The molecule has 0 saturated carbocycles. The Morgan fingerprint density at radius 2 is 1.70 bits per heavy atom. The molecule has 4 aromatic rings. The molecular weight excluding hydrogens is 703 g/mol. The van der Waals surface area contributed by atoms with Gasteiger partial charge in [-0.2, -0.15) is 9.40 Å². The lowest BCUT2D eigenvalue weighted by atomic mass is 9.93. The molecule has 2 heterocycles. The Hall–Kier alpha value is -3.26. The summed E-state index contributed by atoms with van der Waals surface area (Å²) in [6.45, 7) is 1.33. The van der Waals surface area contributed by atoms with E-state index >= 15 is 0 Å². The summed E-state index contributed by atoms with van der Waals surface area (Å²) in [4.78, 5) is 23.4. The lowest BCUT2D eigenvalue weighted by Gasteiger charge is -2.31. The van der Waals surface area contributed by atoms with Gasteiger partial charge >= 0.3 is 5.97 Å². The van der Waals surface area contributed by atoms with Crippen molar-refractivity contribution in [3.8, 4) is 11.3 Å². The van der Waals surface area contributed by atoms with E-state index in [1.54, 1.807) is 46.8 Å². The van der Waals surface area contributed by atoms with Crippen molar-refractivity contribution in [3.63, 3.8) is 0 Å². The molecule has 0 bridgehead atoms. The molecule has 0 radical (unpaired) electrons. The second-order valence-corrected chi connectivity index (χ2v) is 14.0. The van der Waals surface area contributed by atoms with Gasteiger partial charge in [-0.1, -0.05) is 41.9 Å². The number of nitrogens with zero attached hydrogens (tertiary/aromatic N) is 3. The van der Waals surface area contributed by atoms with Crippen LogP contribution in [0.1, 0.15) is 46.8 Å². The molecule has 1 fully saturated rings. The fourth-order valence-electron chi connectivity index (χ4n) is 5.18. The quantitative estimate of drug-likeness (QED) is 0.204. The van der Waals surface area contributed by atoms with Gasteiger partial charge in [0, 0.05) is 51.0 Å². The van der Waals surface area contributed by atoms with Crippen molar-refractivity contribution in [3.05, 3.63) is 104 Å². The molecule has 5 rings (SSSR count). The average molecular weight is 733 g/mol. The molecule has 0 aliphatic carbocycles. The van der Waals surface area contributed by atoms with Crippen molar-refractivity contribution in [1.82, 2.24) is 19.4 Å². The minimum atomic E-state index is -3.56. The number of piperidine rings is 1. The van der Waals surface area contributed by atoms with Crippen LogP contribution < -0.4 is 5.32 Å². The SMILES string of the molecule is O=C(O)CCNC(=O)c1ccc(Cn2nc(-c3cc(Cl)cc(I)c3)cc2C2CCN(S(=O)(=O)c3ccccc3)CC2)cc1. The number of carboxylic acids is 1. The Morgan fingerprint density at radius 1 is 1.00 bits per heavy atom. The van der Waals surface area contributed by atoms with Gasteiger partial charge < -0.3 is 10.4 Å².